The highest BCUT2D eigenvalue weighted by Gasteiger charge is 2.35. The fourth-order valence-corrected chi connectivity index (χ4v) is 7.75. The van der Waals surface area contributed by atoms with Crippen LogP contribution in [0, 0.1) is 17.2 Å². The van der Waals surface area contributed by atoms with Crippen LogP contribution in [0.15, 0.2) is 66.7 Å². The standard InChI is InChI=1S/C37H40ClN3O4S/c1-5-45-31-19-16-27(26-14-10-24(21-39)11-15-26)20-28(31)23-40(35(42)34-33(38)30-8-6-7-9-32(30)46-34)29-17-12-25(13-18-29)22-41(36(43)44)37(2,3)4/h6-11,14-16,19-20,25,29H,5,12-13,17-18,22-23H2,1-4H3,(H,43,44). The number of carboxylic acid groups (broad SMARTS) is 1. The van der Waals surface area contributed by atoms with Crippen LogP contribution in [-0.2, 0) is 6.54 Å². The second kappa shape index (κ2) is 14.1. The van der Waals surface area contributed by atoms with Gasteiger partial charge in [-0.15, -0.1) is 11.3 Å². The Hall–Kier alpha value is -4.06. The summed E-state index contributed by atoms with van der Waals surface area (Å²) in [6.45, 7) is 9.00. The summed E-state index contributed by atoms with van der Waals surface area (Å²) in [5, 5.41) is 20.5. The van der Waals surface area contributed by atoms with Crippen molar-refractivity contribution >= 4 is 45.0 Å². The molecule has 0 atom stereocenters. The van der Waals surface area contributed by atoms with E-state index in [1.807, 2.05) is 81.1 Å². The molecule has 240 valence electrons. The van der Waals surface area contributed by atoms with E-state index in [1.54, 1.807) is 12.1 Å². The number of amides is 2. The molecule has 1 aromatic heterocycles. The van der Waals surface area contributed by atoms with E-state index in [-0.39, 0.29) is 17.9 Å². The highest BCUT2D eigenvalue weighted by atomic mass is 35.5. The zero-order chi connectivity index (χ0) is 33.0. The van der Waals surface area contributed by atoms with Gasteiger partial charge in [0.05, 0.1) is 23.3 Å². The minimum Gasteiger partial charge on any atom is -0.494 e. The molecular formula is C37H40ClN3O4S. The molecule has 0 aliphatic heterocycles. The monoisotopic (exact) mass is 657 g/mol. The maximum atomic E-state index is 14.5. The summed E-state index contributed by atoms with van der Waals surface area (Å²) in [4.78, 5) is 30.5. The lowest BCUT2D eigenvalue weighted by Gasteiger charge is -2.40. The minimum absolute atomic E-state index is 0.0500. The van der Waals surface area contributed by atoms with Crippen LogP contribution in [0.25, 0.3) is 21.2 Å². The largest absolute Gasteiger partial charge is 0.494 e. The van der Waals surface area contributed by atoms with Crippen LogP contribution >= 0.6 is 22.9 Å². The average molecular weight is 658 g/mol. The molecule has 0 radical (unpaired) electrons. The molecule has 1 heterocycles. The second-order valence-corrected chi connectivity index (χ2v) is 14.3. The van der Waals surface area contributed by atoms with Crippen molar-refractivity contribution in [1.29, 1.82) is 5.26 Å². The van der Waals surface area contributed by atoms with E-state index in [2.05, 4.69) is 12.1 Å². The lowest BCUT2D eigenvalue weighted by atomic mass is 9.84. The molecule has 1 N–H and O–H groups in total. The summed E-state index contributed by atoms with van der Waals surface area (Å²) < 4.78 is 7.03. The molecule has 9 heteroatoms. The van der Waals surface area contributed by atoms with E-state index < -0.39 is 11.6 Å². The fourth-order valence-electron chi connectivity index (χ4n) is 6.28. The van der Waals surface area contributed by atoms with Crippen molar-refractivity contribution in [3.8, 4) is 22.9 Å². The molecule has 1 saturated carbocycles. The SMILES string of the molecule is CCOc1ccc(-c2ccc(C#N)cc2)cc1CN(C(=O)c1sc2ccccc2c1Cl)C1CCC(CN(C(=O)O)C(C)(C)C)CC1. The average Bonchev–Trinajstić information content (AvgIpc) is 3.38. The van der Waals surface area contributed by atoms with Gasteiger partial charge in [0.15, 0.2) is 0 Å². The molecule has 2 amide bonds. The van der Waals surface area contributed by atoms with E-state index in [9.17, 15) is 20.0 Å². The van der Waals surface area contributed by atoms with Gasteiger partial charge in [-0.2, -0.15) is 5.26 Å². The maximum absolute atomic E-state index is 14.5. The number of nitrogens with zero attached hydrogens (tertiary/aromatic N) is 3. The smallest absolute Gasteiger partial charge is 0.407 e. The highest BCUT2D eigenvalue weighted by Crippen LogP contribution is 2.39. The van der Waals surface area contributed by atoms with Crippen molar-refractivity contribution in [1.82, 2.24) is 9.80 Å². The highest BCUT2D eigenvalue weighted by molar-refractivity contribution is 7.21. The van der Waals surface area contributed by atoms with Crippen molar-refractivity contribution < 1.29 is 19.4 Å². The molecular weight excluding hydrogens is 618 g/mol. The number of fused-ring (bicyclic) bond motifs is 1. The van der Waals surface area contributed by atoms with E-state index in [0.717, 1.165) is 58.2 Å². The molecule has 0 spiro atoms. The molecule has 0 saturated heterocycles. The molecule has 1 fully saturated rings. The van der Waals surface area contributed by atoms with Gasteiger partial charge in [0, 0.05) is 40.3 Å². The van der Waals surface area contributed by atoms with Crippen LogP contribution in [0.5, 0.6) is 5.75 Å². The third kappa shape index (κ3) is 7.32. The Kier molecular flexibility index (Phi) is 10.2. The summed E-state index contributed by atoms with van der Waals surface area (Å²) in [5.74, 6) is 0.828. The molecule has 1 aliphatic rings. The number of hydrogen-bond donors (Lipinski definition) is 1. The van der Waals surface area contributed by atoms with Crippen molar-refractivity contribution in [3.63, 3.8) is 0 Å². The van der Waals surface area contributed by atoms with Gasteiger partial charge >= 0.3 is 6.09 Å². The number of benzene rings is 3. The quantitative estimate of drug-likeness (QED) is 0.193. The topological polar surface area (TPSA) is 93.9 Å². The van der Waals surface area contributed by atoms with Gasteiger partial charge in [-0.3, -0.25) is 4.79 Å². The zero-order valence-corrected chi connectivity index (χ0v) is 28.3. The predicted molar refractivity (Wildman–Crippen MR) is 185 cm³/mol. The number of thiophene rings is 1. The van der Waals surface area contributed by atoms with Gasteiger partial charge in [0.1, 0.15) is 10.6 Å². The Balaban J connectivity index is 1.48. The van der Waals surface area contributed by atoms with Gasteiger partial charge in [-0.05, 0) is 101 Å². The number of carbonyl (C=O) groups is 2. The van der Waals surface area contributed by atoms with Crippen LogP contribution in [0.2, 0.25) is 5.02 Å². The minimum atomic E-state index is -0.906. The molecule has 5 rings (SSSR count). The molecule has 1 aliphatic carbocycles. The first kappa shape index (κ1) is 33.3. The maximum Gasteiger partial charge on any atom is 0.407 e. The van der Waals surface area contributed by atoms with E-state index in [1.165, 1.54) is 16.2 Å². The number of carbonyl (C=O) groups excluding carboxylic acids is 1. The fraction of sp³-hybridized carbons (Fsp3) is 0.378. The van der Waals surface area contributed by atoms with Gasteiger partial charge in [-0.1, -0.05) is 48.0 Å². The summed E-state index contributed by atoms with van der Waals surface area (Å²) >= 11 is 8.27. The Bertz CT molecular complexity index is 1750. The van der Waals surface area contributed by atoms with Crippen LogP contribution in [0.4, 0.5) is 4.79 Å². The third-order valence-electron chi connectivity index (χ3n) is 8.78. The van der Waals surface area contributed by atoms with Gasteiger partial charge in [-0.25, -0.2) is 4.79 Å². The molecule has 7 nitrogen and oxygen atoms in total. The number of hydrogen-bond acceptors (Lipinski definition) is 5. The molecule has 3 aromatic carbocycles. The van der Waals surface area contributed by atoms with Crippen molar-refractivity contribution in [2.45, 2.75) is 71.5 Å². The van der Waals surface area contributed by atoms with Crippen molar-refractivity contribution in [2.75, 3.05) is 13.2 Å². The van der Waals surface area contributed by atoms with E-state index in [4.69, 9.17) is 16.3 Å². The van der Waals surface area contributed by atoms with Crippen LogP contribution in [0.3, 0.4) is 0 Å². The van der Waals surface area contributed by atoms with Crippen molar-refractivity contribution in [3.05, 3.63) is 87.8 Å². The number of nitriles is 1. The first-order chi connectivity index (χ1) is 22.0. The normalized spacial score (nSPS) is 16.5. The lowest BCUT2D eigenvalue weighted by Crippen LogP contribution is -2.48. The summed E-state index contributed by atoms with van der Waals surface area (Å²) in [7, 11) is 0. The first-order valence-corrected chi connectivity index (χ1v) is 16.9. The Morgan fingerprint density at radius 1 is 1.02 bits per heavy atom. The van der Waals surface area contributed by atoms with Crippen LogP contribution < -0.4 is 4.74 Å². The van der Waals surface area contributed by atoms with Crippen molar-refractivity contribution in [2.24, 2.45) is 5.92 Å². The molecule has 4 aromatic rings. The van der Waals surface area contributed by atoms with Gasteiger partial charge in [0.25, 0.3) is 5.91 Å². The Labute approximate surface area is 280 Å². The Morgan fingerprint density at radius 2 is 1.70 bits per heavy atom. The van der Waals surface area contributed by atoms with E-state index in [0.29, 0.717) is 35.2 Å². The van der Waals surface area contributed by atoms with Crippen LogP contribution in [-0.4, -0.2) is 51.6 Å². The van der Waals surface area contributed by atoms with Gasteiger partial charge in [0.2, 0.25) is 0 Å². The first-order valence-electron chi connectivity index (χ1n) is 15.7. The number of ether oxygens (including phenoxy) is 1. The summed E-state index contributed by atoms with van der Waals surface area (Å²) in [5.41, 5.74) is 2.93. The van der Waals surface area contributed by atoms with E-state index >= 15 is 0 Å². The summed E-state index contributed by atoms with van der Waals surface area (Å²) in [6.07, 6.45) is 2.25. The third-order valence-corrected chi connectivity index (χ3v) is 10.4. The predicted octanol–water partition coefficient (Wildman–Crippen LogP) is 9.47. The molecule has 0 bridgehead atoms. The number of halogens is 1. The van der Waals surface area contributed by atoms with Crippen LogP contribution in [0.1, 0.15) is 74.2 Å². The second-order valence-electron chi connectivity index (χ2n) is 12.9. The zero-order valence-electron chi connectivity index (χ0n) is 26.8. The summed E-state index contributed by atoms with van der Waals surface area (Å²) in [6, 6.07) is 23.4. The van der Waals surface area contributed by atoms with Gasteiger partial charge < -0.3 is 19.6 Å². The molecule has 0 unspecified atom stereocenters. The Morgan fingerprint density at radius 3 is 2.30 bits per heavy atom. The molecule has 46 heavy (non-hydrogen) atoms. The lowest BCUT2D eigenvalue weighted by molar-refractivity contribution is 0.0535. The number of rotatable bonds is 9.